The van der Waals surface area contributed by atoms with E-state index in [9.17, 15) is 9.59 Å². The van der Waals surface area contributed by atoms with E-state index in [1.54, 1.807) is 4.90 Å². The van der Waals surface area contributed by atoms with Crippen LogP contribution in [0.3, 0.4) is 0 Å². The van der Waals surface area contributed by atoms with Gasteiger partial charge in [0.25, 0.3) is 0 Å². The average molecular weight is 455 g/mol. The Bertz CT molecular complexity index is 1080. The number of amides is 2. The molecule has 2 amide bonds. The van der Waals surface area contributed by atoms with Crippen LogP contribution in [0.2, 0.25) is 0 Å². The molecular weight excluding hydrogens is 420 g/mol. The summed E-state index contributed by atoms with van der Waals surface area (Å²) in [6.45, 7) is 2.43. The number of benzene rings is 3. The summed E-state index contributed by atoms with van der Waals surface area (Å²) in [6, 6.07) is 27.6. The largest absolute Gasteiger partial charge is 0.352 e. The smallest absolute Gasteiger partial charge is 0.243 e. The molecule has 1 aliphatic rings. The second-order valence-corrected chi connectivity index (χ2v) is 9.37. The van der Waals surface area contributed by atoms with Crippen molar-refractivity contribution >= 4 is 11.8 Å². The number of hydrogen-bond acceptors (Lipinski definition) is 2. The third-order valence-electron chi connectivity index (χ3n) is 6.61. The fourth-order valence-electron chi connectivity index (χ4n) is 4.80. The number of carbonyl (C=O) groups excluding carboxylic acids is 2. The van der Waals surface area contributed by atoms with Crippen LogP contribution in [0.15, 0.2) is 84.9 Å². The van der Waals surface area contributed by atoms with Gasteiger partial charge in [-0.3, -0.25) is 9.59 Å². The Balaban J connectivity index is 1.64. The monoisotopic (exact) mass is 454 g/mol. The molecule has 1 atom stereocenters. The van der Waals surface area contributed by atoms with E-state index < -0.39 is 6.04 Å². The van der Waals surface area contributed by atoms with Crippen molar-refractivity contribution in [3.63, 3.8) is 0 Å². The zero-order chi connectivity index (χ0) is 23.8. The number of nitrogens with zero attached hydrogens (tertiary/aromatic N) is 1. The second-order valence-electron chi connectivity index (χ2n) is 9.37. The molecule has 34 heavy (non-hydrogen) atoms. The SMILES string of the molecule is Cc1cccc(CC(=O)N(Cc2ccccc2)C(Cc2ccccc2)C(=O)NC2CCCC2)c1. The van der Waals surface area contributed by atoms with E-state index in [0.29, 0.717) is 13.0 Å². The highest BCUT2D eigenvalue weighted by atomic mass is 16.2. The molecule has 0 radical (unpaired) electrons. The Labute approximate surface area is 203 Å². The van der Waals surface area contributed by atoms with Crippen molar-refractivity contribution in [2.75, 3.05) is 0 Å². The summed E-state index contributed by atoms with van der Waals surface area (Å²) < 4.78 is 0. The summed E-state index contributed by atoms with van der Waals surface area (Å²) in [5.74, 6) is -0.0822. The zero-order valence-corrected chi connectivity index (χ0v) is 20.0. The minimum Gasteiger partial charge on any atom is -0.352 e. The normalized spacial score (nSPS) is 14.5. The highest BCUT2D eigenvalue weighted by Gasteiger charge is 2.32. The predicted molar refractivity (Wildman–Crippen MR) is 136 cm³/mol. The van der Waals surface area contributed by atoms with Crippen LogP contribution in [0.5, 0.6) is 0 Å². The molecule has 1 N–H and O–H groups in total. The van der Waals surface area contributed by atoms with Crippen molar-refractivity contribution in [1.29, 1.82) is 0 Å². The first kappa shape index (κ1) is 23.7. The fourth-order valence-corrected chi connectivity index (χ4v) is 4.80. The highest BCUT2D eigenvalue weighted by Crippen LogP contribution is 2.20. The van der Waals surface area contributed by atoms with Crippen LogP contribution in [0, 0.1) is 6.92 Å². The van der Waals surface area contributed by atoms with Crippen LogP contribution >= 0.6 is 0 Å². The van der Waals surface area contributed by atoms with E-state index in [1.165, 1.54) is 0 Å². The molecule has 4 heteroatoms. The number of aryl methyl sites for hydroxylation is 1. The zero-order valence-electron chi connectivity index (χ0n) is 20.0. The topological polar surface area (TPSA) is 49.4 Å². The van der Waals surface area contributed by atoms with Crippen LogP contribution in [-0.4, -0.2) is 28.8 Å². The molecule has 4 nitrogen and oxygen atoms in total. The third-order valence-corrected chi connectivity index (χ3v) is 6.61. The number of hydrogen-bond donors (Lipinski definition) is 1. The van der Waals surface area contributed by atoms with Gasteiger partial charge in [0.2, 0.25) is 11.8 Å². The van der Waals surface area contributed by atoms with Gasteiger partial charge in [-0.15, -0.1) is 0 Å². The quantitative estimate of drug-likeness (QED) is 0.481. The number of nitrogens with one attached hydrogen (secondary N) is 1. The van der Waals surface area contributed by atoms with Crippen LogP contribution < -0.4 is 5.32 Å². The summed E-state index contributed by atoms with van der Waals surface area (Å²) in [5, 5.41) is 3.26. The standard InChI is InChI=1S/C30H34N2O2/c1-23-11-10-16-26(19-23)21-29(33)32(22-25-14-6-3-7-15-25)28(20-24-12-4-2-5-13-24)30(34)31-27-17-8-9-18-27/h2-7,10-16,19,27-28H,8-9,17-18,20-22H2,1H3,(H,31,34). The van der Waals surface area contributed by atoms with E-state index in [-0.39, 0.29) is 24.3 Å². The molecule has 3 aromatic rings. The Hall–Kier alpha value is -3.40. The van der Waals surface area contributed by atoms with Crippen LogP contribution in [0.4, 0.5) is 0 Å². The van der Waals surface area contributed by atoms with Gasteiger partial charge in [0.15, 0.2) is 0 Å². The maximum atomic E-state index is 13.7. The first-order valence-electron chi connectivity index (χ1n) is 12.3. The molecule has 1 saturated carbocycles. The van der Waals surface area contributed by atoms with Crippen molar-refractivity contribution < 1.29 is 9.59 Å². The molecule has 1 unspecified atom stereocenters. The van der Waals surface area contributed by atoms with E-state index >= 15 is 0 Å². The van der Waals surface area contributed by atoms with E-state index in [0.717, 1.165) is 47.9 Å². The third kappa shape index (κ3) is 6.57. The van der Waals surface area contributed by atoms with Crippen LogP contribution in [0.25, 0.3) is 0 Å². The minimum atomic E-state index is -0.569. The average Bonchev–Trinajstić information content (AvgIpc) is 3.35. The summed E-state index contributed by atoms with van der Waals surface area (Å²) in [6.07, 6.45) is 5.09. The first-order valence-corrected chi connectivity index (χ1v) is 12.3. The lowest BCUT2D eigenvalue weighted by Crippen LogP contribution is -2.52. The van der Waals surface area contributed by atoms with Crippen molar-refractivity contribution in [1.82, 2.24) is 10.2 Å². The van der Waals surface area contributed by atoms with Crippen molar-refractivity contribution in [3.05, 3.63) is 107 Å². The maximum Gasteiger partial charge on any atom is 0.243 e. The molecule has 176 valence electrons. The van der Waals surface area contributed by atoms with Gasteiger partial charge in [0.1, 0.15) is 6.04 Å². The summed E-state index contributed by atoms with van der Waals surface area (Å²) >= 11 is 0. The molecule has 1 fully saturated rings. The van der Waals surface area contributed by atoms with Crippen molar-refractivity contribution in [2.24, 2.45) is 0 Å². The Morgan fingerprint density at radius 3 is 2.12 bits per heavy atom. The van der Waals surface area contributed by atoms with Gasteiger partial charge in [-0.05, 0) is 36.5 Å². The van der Waals surface area contributed by atoms with Gasteiger partial charge in [-0.25, -0.2) is 0 Å². The van der Waals surface area contributed by atoms with Crippen LogP contribution in [-0.2, 0) is 29.0 Å². The molecular formula is C30H34N2O2. The highest BCUT2D eigenvalue weighted by molar-refractivity contribution is 5.89. The van der Waals surface area contributed by atoms with Gasteiger partial charge < -0.3 is 10.2 Å². The van der Waals surface area contributed by atoms with Crippen LogP contribution in [0.1, 0.15) is 47.9 Å². The molecule has 0 aromatic heterocycles. The summed E-state index contributed by atoms with van der Waals surface area (Å²) in [5.41, 5.74) is 4.17. The maximum absolute atomic E-state index is 13.7. The second kappa shape index (κ2) is 11.6. The van der Waals surface area contributed by atoms with Crippen molar-refractivity contribution in [2.45, 2.75) is 64.1 Å². The Morgan fingerprint density at radius 1 is 0.853 bits per heavy atom. The van der Waals surface area contributed by atoms with Gasteiger partial charge in [-0.1, -0.05) is 103 Å². The van der Waals surface area contributed by atoms with E-state index in [2.05, 4.69) is 5.32 Å². The Morgan fingerprint density at radius 2 is 1.47 bits per heavy atom. The summed E-state index contributed by atoms with van der Waals surface area (Å²) in [7, 11) is 0. The van der Waals surface area contributed by atoms with E-state index in [1.807, 2.05) is 91.9 Å². The molecule has 0 heterocycles. The predicted octanol–water partition coefficient (Wildman–Crippen LogP) is 5.24. The molecule has 3 aromatic carbocycles. The fraction of sp³-hybridized carbons (Fsp3) is 0.333. The minimum absolute atomic E-state index is 0.0306. The lowest BCUT2D eigenvalue weighted by molar-refractivity contribution is -0.141. The van der Waals surface area contributed by atoms with Gasteiger partial charge in [0.05, 0.1) is 6.42 Å². The summed E-state index contributed by atoms with van der Waals surface area (Å²) in [4.78, 5) is 29.2. The Kier molecular flexibility index (Phi) is 8.13. The molecule has 4 rings (SSSR count). The number of carbonyl (C=O) groups is 2. The molecule has 0 spiro atoms. The van der Waals surface area contributed by atoms with Crippen molar-refractivity contribution in [3.8, 4) is 0 Å². The molecule has 1 aliphatic carbocycles. The molecule has 0 saturated heterocycles. The lowest BCUT2D eigenvalue weighted by Gasteiger charge is -2.32. The van der Waals surface area contributed by atoms with E-state index in [4.69, 9.17) is 0 Å². The molecule has 0 bridgehead atoms. The van der Waals surface area contributed by atoms with Gasteiger partial charge in [-0.2, -0.15) is 0 Å². The number of rotatable bonds is 9. The lowest BCUT2D eigenvalue weighted by atomic mass is 10.0. The van der Waals surface area contributed by atoms with Gasteiger partial charge >= 0.3 is 0 Å². The molecule has 0 aliphatic heterocycles. The van der Waals surface area contributed by atoms with Gasteiger partial charge in [0, 0.05) is 19.0 Å². The first-order chi connectivity index (χ1) is 16.6.